The van der Waals surface area contributed by atoms with Crippen LogP contribution in [0.15, 0.2) is 40.8 Å². The van der Waals surface area contributed by atoms with E-state index in [2.05, 4.69) is 5.32 Å². The molecule has 1 N–H and O–H groups in total. The van der Waals surface area contributed by atoms with Gasteiger partial charge >= 0.3 is 6.09 Å². The van der Waals surface area contributed by atoms with Crippen LogP contribution in [0, 0.1) is 0 Å². The van der Waals surface area contributed by atoms with Gasteiger partial charge in [0.05, 0.1) is 11.1 Å². The van der Waals surface area contributed by atoms with Crippen molar-refractivity contribution in [1.82, 2.24) is 9.88 Å². The zero-order valence-corrected chi connectivity index (χ0v) is 18.2. The minimum absolute atomic E-state index is 0.123. The van der Waals surface area contributed by atoms with E-state index in [1.165, 1.54) is 0 Å². The van der Waals surface area contributed by atoms with Crippen molar-refractivity contribution in [3.63, 3.8) is 0 Å². The lowest BCUT2D eigenvalue weighted by molar-refractivity contribution is -0.105. The molecular weight excluding hydrogens is 418 g/mol. The van der Waals surface area contributed by atoms with E-state index in [1.54, 1.807) is 17.0 Å². The minimum Gasteiger partial charge on any atom is -0.447 e. The molecule has 2 aromatic carbocycles. The highest BCUT2D eigenvalue weighted by atomic mass is 35.5. The number of halogens is 1. The Morgan fingerprint density at radius 1 is 1.26 bits per heavy atom. The first-order valence-corrected chi connectivity index (χ1v) is 10.7. The third-order valence-corrected chi connectivity index (χ3v) is 5.66. The number of hydrogen-bond donors (Lipinski definition) is 1. The summed E-state index contributed by atoms with van der Waals surface area (Å²) in [5.41, 5.74) is 3.89. The molecule has 0 bridgehead atoms. The number of piperidine rings is 1. The van der Waals surface area contributed by atoms with Crippen LogP contribution < -0.4 is 5.32 Å². The van der Waals surface area contributed by atoms with Gasteiger partial charge in [0.15, 0.2) is 11.5 Å². The summed E-state index contributed by atoms with van der Waals surface area (Å²) in [7, 11) is 0. The highest BCUT2D eigenvalue weighted by Gasteiger charge is 2.28. The summed E-state index contributed by atoms with van der Waals surface area (Å²) in [6.07, 6.45) is 1.80. The number of carbonyl (C=O) groups excluding carboxylic acids is 2. The molecule has 1 aromatic heterocycles. The van der Waals surface area contributed by atoms with Gasteiger partial charge in [-0.25, -0.2) is 9.78 Å². The van der Waals surface area contributed by atoms with Gasteiger partial charge in [0.1, 0.15) is 5.52 Å². The van der Waals surface area contributed by atoms with E-state index in [1.807, 2.05) is 38.1 Å². The van der Waals surface area contributed by atoms with Crippen LogP contribution in [0.1, 0.15) is 38.5 Å². The van der Waals surface area contributed by atoms with Crippen molar-refractivity contribution in [1.29, 1.82) is 0 Å². The highest BCUT2D eigenvalue weighted by molar-refractivity contribution is 6.33. The van der Waals surface area contributed by atoms with Gasteiger partial charge in [0, 0.05) is 30.3 Å². The summed E-state index contributed by atoms with van der Waals surface area (Å²) in [5, 5.41) is 3.13. The molecule has 0 spiro atoms. The second-order valence-corrected chi connectivity index (χ2v) is 8.29. The topological polar surface area (TPSA) is 84.7 Å². The van der Waals surface area contributed by atoms with E-state index in [4.69, 9.17) is 25.7 Å². The normalized spacial score (nSPS) is 14.8. The van der Waals surface area contributed by atoms with Crippen molar-refractivity contribution >= 4 is 40.9 Å². The summed E-state index contributed by atoms with van der Waals surface area (Å²) < 4.78 is 11.3. The molecule has 7 nitrogen and oxygen atoms in total. The molecule has 8 heteroatoms. The molecule has 3 aromatic rings. The quantitative estimate of drug-likeness (QED) is 0.533. The van der Waals surface area contributed by atoms with E-state index in [9.17, 15) is 9.59 Å². The highest BCUT2D eigenvalue weighted by Crippen LogP contribution is 2.34. The Bertz CT molecular complexity index is 1100. The Morgan fingerprint density at radius 2 is 2.03 bits per heavy atom. The number of fused-ring (bicyclic) bond motifs is 1. The van der Waals surface area contributed by atoms with Crippen molar-refractivity contribution in [3.8, 4) is 11.1 Å². The number of ether oxygens (including phenoxy) is 1. The number of oxazole rings is 1. The number of carbonyl (C=O) groups is 2. The molecule has 1 fully saturated rings. The molecule has 1 aliphatic heterocycles. The van der Waals surface area contributed by atoms with Gasteiger partial charge in [-0.05, 0) is 56.5 Å². The number of likely N-dealkylation sites (tertiary alicyclic amines) is 1. The minimum atomic E-state index is -0.262. The van der Waals surface area contributed by atoms with E-state index in [0.717, 1.165) is 35.1 Å². The molecule has 2 heterocycles. The third kappa shape index (κ3) is 4.66. The summed E-state index contributed by atoms with van der Waals surface area (Å²) in [6, 6.07) is 11.2. The molecule has 1 saturated heterocycles. The first kappa shape index (κ1) is 21.2. The van der Waals surface area contributed by atoms with Crippen LogP contribution in [-0.4, -0.2) is 41.6 Å². The average molecular weight is 442 g/mol. The van der Waals surface area contributed by atoms with Crippen LogP contribution in [0.3, 0.4) is 0 Å². The Labute approximate surface area is 185 Å². The Kier molecular flexibility index (Phi) is 6.13. The van der Waals surface area contributed by atoms with E-state index >= 15 is 0 Å². The summed E-state index contributed by atoms with van der Waals surface area (Å²) in [6.45, 7) is 4.94. The van der Waals surface area contributed by atoms with Gasteiger partial charge < -0.3 is 19.4 Å². The average Bonchev–Trinajstić information content (AvgIpc) is 3.17. The predicted octanol–water partition coefficient (Wildman–Crippen LogP) is 5.44. The van der Waals surface area contributed by atoms with E-state index in [0.29, 0.717) is 36.1 Å². The molecule has 4 rings (SSSR count). The predicted molar refractivity (Wildman–Crippen MR) is 119 cm³/mol. The first-order valence-electron chi connectivity index (χ1n) is 10.3. The lowest BCUT2D eigenvalue weighted by atomic mass is 9.97. The fraction of sp³-hybridized carbons (Fsp3) is 0.348. The van der Waals surface area contributed by atoms with Crippen molar-refractivity contribution in [3.05, 3.63) is 47.3 Å². The van der Waals surface area contributed by atoms with Crippen LogP contribution in [0.25, 0.3) is 22.2 Å². The molecule has 0 atom stereocenters. The van der Waals surface area contributed by atoms with Crippen LogP contribution in [-0.2, 0) is 9.53 Å². The van der Waals surface area contributed by atoms with Crippen molar-refractivity contribution < 1.29 is 18.7 Å². The molecule has 31 heavy (non-hydrogen) atoms. The van der Waals surface area contributed by atoms with Crippen LogP contribution >= 0.6 is 11.6 Å². The maximum absolute atomic E-state index is 12.1. The van der Waals surface area contributed by atoms with Crippen LogP contribution in [0.4, 0.5) is 10.5 Å². The van der Waals surface area contributed by atoms with Crippen molar-refractivity contribution in [2.75, 3.05) is 18.4 Å². The molecule has 0 saturated carbocycles. The number of nitrogens with zero attached hydrogens (tertiary/aromatic N) is 2. The van der Waals surface area contributed by atoms with Crippen molar-refractivity contribution in [2.45, 2.75) is 38.7 Å². The van der Waals surface area contributed by atoms with Gasteiger partial charge in [-0.3, -0.25) is 4.79 Å². The second kappa shape index (κ2) is 8.98. The number of benzene rings is 2. The number of aromatic nitrogens is 1. The largest absolute Gasteiger partial charge is 0.447 e. The monoisotopic (exact) mass is 441 g/mol. The molecule has 162 valence electrons. The van der Waals surface area contributed by atoms with E-state index in [-0.39, 0.29) is 18.1 Å². The fourth-order valence-corrected chi connectivity index (χ4v) is 4.07. The molecule has 2 amide bonds. The second-order valence-electron chi connectivity index (χ2n) is 7.89. The SMILES string of the molecule is CC(C)OC(=O)N1CCC(c2nc3cc(-c4ccc(NC=O)cc4Cl)ccc3o2)CC1. The Hall–Kier alpha value is -3.06. The van der Waals surface area contributed by atoms with Gasteiger partial charge in [-0.1, -0.05) is 23.7 Å². The van der Waals surface area contributed by atoms with Gasteiger partial charge in [0.25, 0.3) is 0 Å². The summed E-state index contributed by atoms with van der Waals surface area (Å²) in [4.78, 5) is 29.2. The van der Waals surface area contributed by atoms with E-state index < -0.39 is 0 Å². The smallest absolute Gasteiger partial charge is 0.410 e. The maximum atomic E-state index is 12.1. The fourth-order valence-electron chi connectivity index (χ4n) is 3.78. The number of anilines is 1. The summed E-state index contributed by atoms with van der Waals surface area (Å²) >= 11 is 6.41. The molecule has 0 unspecified atom stereocenters. The van der Waals surface area contributed by atoms with Gasteiger partial charge in [0.2, 0.25) is 6.41 Å². The van der Waals surface area contributed by atoms with Gasteiger partial charge in [-0.2, -0.15) is 0 Å². The van der Waals surface area contributed by atoms with Crippen molar-refractivity contribution in [2.24, 2.45) is 0 Å². The Morgan fingerprint density at radius 3 is 2.71 bits per heavy atom. The number of nitrogens with one attached hydrogen (secondary N) is 1. The zero-order valence-electron chi connectivity index (χ0n) is 17.4. The molecule has 1 aliphatic rings. The zero-order chi connectivity index (χ0) is 22.0. The Balaban J connectivity index is 1.50. The number of amides is 2. The third-order valence-electron chi connectivity index (χ3n) is 5.35. The number of rotatable bonds is 5. The lowest BCUT2D eigenvalue weighted by Gasteiger charge is -2.30. The van der Waals surface area contributed by atoms with Crippen LogP contribution in [0.5, 0.6) is 0 Å². The number of hydrogen-bond acceptors (Lipinski definition) is 5. The molecule has 0 aliphatic carbocycles. The van der Waals surface area contributed by atoms with Gasteiger partial charge in [-0.15, -0.1) is 0 Å². The molecule has 0 radical (unpaired) electrons. The molecular formula is C23H24ClN3O4. The maximum Gasteiger partial charge on any atom is 0.410 e. The first-order chi connectivity index (χ1) is 14.9. The standard InChI is InChI=1S/C23H24ClN3O4/c1-14(2)30-23(29)27-9-7-15(8-10-27)22-26-20-11-16(3-6-21(20)31-22)18-5-4-17(25-13-28)12-19(18)24/h3-6,11-15H,7-10H2,1-2H3,(H,25,28). The van der Waals surface area contributed by atoms with Crippen LogP contribution in [0.2, 0.25) is 5.02 Å². The lowest BCUT2D eigenvalue weighted by Crippen LogP contribution is -2.39. The summed E-state index contributed by atoms with van der Waals surface area (Å²) in [5.74, 6) is 0.858.